The Morgan fingerprint density at radius 2 is 1.90 bits per heavy atom. The van der Waals surface area contributed by atoms with Crippen molar-refractivity contribution in [3.8, 4) is 5.75 Å². The number of nitrogens with zero attached hydrogens (tertiary/aromatic N) is 1. The van der Waals surface area contributed by atoms with Crippen molar-refractivity contribution < 1.29 is 23.9 Å². The molecule has 0 bridgehead atoms. The molecule has 8 heteroatoms. The molecule has 2 aromatic rings. The second kappa shape index (κ2) is 9.32. The Bertz CT molecular complexity index is 908. The summed E-state index contributed by atoms with van der Waals surface area (Å²) >= 11 is 1.02. The van der Waals surface area contributed by atoms with E-state index in [4.69, 9.17) is 9.47 Å². The van der Waals surface area contributed by atoms with Crippen LogP contribution in [0, 0.1) is 0 Å². The van der Waals surface area contributed by atoms with Gasteiger partial charge in [0.05, 0.1) is 18.4 Å². The summed E-state index contributed by atoms with van der Waals surface area (Å²) in [6, 6.07) is 14.1. The van der Waals surface area contributed by atoms with Gasteiger partial charge in [-0.15, -0.1) is 0 Å². The van der Waals surface area contributed by atoms with E-state index in [1.807, 2.05) is 0 Å². The Morgan fingerprint density at radius 1 is 1.13 bits per heavy atom. The van der Waals surface area contributed by atoms with Crippen LogP contribution in [-0.4, -0.2) is 47.0 Å². The minimum absolute atomic E-state index is 0.149. The van der Waals surface area contributed by atoms with E-state index < -0.39 is 0 Å². The summed E-state index contributed by atoms with van der Waals surface area (Å²) in [5.74, 6) is 0.501. The van der Waals surface area contributed by atoms with E-state index in [1.165, 1.54) is 4.90 Å². The van der Waals surface area contributed by atoms with Crippen molar-refractivity contribution in [1.82, 2.24) is 4.90 Å². The quantitative estimate of drug-likeness (QED) is 0.727. The van der Waals surface area contributed by atoms with Crippen LogP contribution in [0.3, 0.4) is 0 Å². The summed E-state index contributed by atoms with van der Waals surface area (Å²) in [5.41, 5.74) is 1.98. The van der Waals surface area contributed by atoms with Gasteiger partial charge in [0, 0.05) is 17.9 Å². The second-order valence-electron chi connectivity index (χ2n) is 7.16. The van der Waals surface area contributed by atoms with Gasteiger partial charge in [-0.3, -0.25) is 19.3 Å². The van der Waals surface area contributed by atoms with Gasteiger partial charge in [-0.05, 0) is 54.8 Å². The molecule has 1 unspecified atom stereocenters. The molecule has 2 heterocycles. The Labute approximate surface area is 178 Å². The lowest BCUT2D eigenvalue weighted by atomic mass is 10.1. The number of thioether (sulfide) groups is 1. The van der Waals surface area contributed by atoms with Crippen LogP contribution in [0.1, 0.15) is 28.8 Å². The van der Waals surface area contributed by atoms with E-state index in [0.717, 1.165) is 36.8 Å². The molecule has 0 aliphatic carbocycles. The summed E-state index contributed by atoms with van der Waals surface area (Å²) in [7, 11) is 0. The molecule has 4 rings (SSSR count). The van der Waals surface area contributed by atoms with Crippen LogP contribution in [0.25, 0.3) is 0 Å². The second-order valence-corrected chi connectivity index (χ2v) is 8.08. The average molecular weight is 426 g/mol. The number of imide groups is 1. The smallest absolute Gasteiger partial charge is 0.289 e. The number of anilines is 1. The Kier molecular flexibility index (Phi) is 6.35. The SMILES string of the molecule is O=C(Nc1ccc(CN2C(=O)CSC2=O)cc1)c1ccc(OCC2CCCO2)cc1. The van der Waals surface area contributed by atoms with Crippen molar-refractivity contribution in [2.24, 2.45) is 0 Å². The van der Waals surface area contributed by atoms with Gasteiger partial charge in [0.2, 0.25) is 5.91 Å². The number of benzene rings is 2. The van der Waals surface area contributed by atoms with Crippen LogP contribution in [-0.2, 0) is 16.1 Å². The van der Waals surface area contributed by atoms with Crippen LogP contribution < -0.4 is 10.1 Å². The van der Waals surface area contributed by atoms with Gasteiger partial charge in [-0.2, -0.15) is 0 Å². The molecule has 3 amide bonds. The fourth-order valence-corrected chi connectivity index (χ4v) is 4.01. The topological polar surface area (TPSA) is 84.9 Å². The molecule has 1 N–H and O–H groups in total. The summed E-state index contributed by atoms with van der Waals surface area (Å²) in [5, 5.41) is 2.62. The number of ether oxygens (including phenoxy) is 2. The molecule has 0 aromatic heterocycles. The summed E-state index contributed by atoms with van der Waals surface area (Å²) in [6.07, 6.45) is 2.24. The van der Waals surface area contributed by atoms with Crippen molar-refractivity contribution in [3.05, 3.63) is 59.7 Å². The molecule has 2 aliphatic heterocycles. The first-order valence-corrected chi connectivity index (χ1v) is 10.8. The van der Waals surface area contributed by atoms with Crippen molar-refractivity contribution in [2.75, 3.05) is 24.3 Å². The number of amides is 3. The first kappa shape index (κ1) is 20.4. The number of carbonyl (C=O) groups is 3. The van der Waals surface area contributed by atoms with E-state index in [2.05, 4.69) is 5.32 Å². The molecule has 2 saturated heterocycles. The number of nitrogens with one attached hydrogen (secondary N) is 1. The minimum atomic E-state index is -0.227. The fourth-order valence-electron chi connectivity index (χ4n) is 3.28. The lowest BCUT2D eigenvalue weighted by Gasteiger charge is -2.13. The predicted molar refractivity (Wildman–Crippen MR) is 114 cm³/mol. The zero-order chi connectivity index (χ0) is 20.9. The number of rotatable bonds is 7. The number of carbonyl (C=O) groups excluding carboxylic acids is 3. The van der Waals surface area contributed by atoms with E-state index in [9.17, 15) is 14.4 Å². The maximum absolute atomic E-state index is 12.5. The predicted octanol–water partition coefficient (Wildman–Crippen LogP) is 3.69. The minimum Gasteiger partial charge on any atom is -0.491 e. The van der Waals surface area contributed by atoms with Gasteiger partial charge in [0.25, 0.3) is 11.1 Å². The zero-order valence-electron chi connectivity index (χ0n) is 16.3. The third kappa shape index (κ3) is 5.01. The van der Waals surface area contributed by atoms with Gasteiger partial charge in [0.15, 0.2) is 0 Å². The highest BCUT2D eigenvalue weighted by Gasteiger charge is 2.29. The standard InChI is InChI=1S/C22H22N2O5S/c25-20-14-30-22(27)24(20)12-15-3-7-17(8-4-15)23-21(26)16-5-9-18(10-6-16)29-13-19-2-1-11-28-19/h3-10,19H,1-2,11-14H2,(H,23,26). The number of hydrogen-bond acceptors (Lipinski definition) is 6. The highest BCUT2D eigenvalue weighted by atomic mass is 32.2. The molecule has 1 atom stereocenters. The number of hydrogen-bond donors (Lipinski definition) is 1. The van der Waals surface area contributed by atoms with Crippen LogP contribution in [0.4, 0.5) is 10.5 Å². The highest BCUT2D eigenvalue weighted by molar-refractivity contribution is 8.14. The molecule has 0 spiro atoms. The van der Waals surface area contributed by atoms with Gasteiger partial charge < -0.3 is 14.8 Å². The summed E-state index contributed by atoms with van der Waals surface area (Å²) < 4.78 is 11.2. The normalized spacial score (nSPS) is 18.7. The zero-order valence-corrected chi connectivity index (χ0v) is 17.2. The molecule has 2 fully saturated rings. The van der Waals surface area contributed by atoms with Crippen molar-refractivity contribution in [3.63, 3.8) is 0 Å². The molecule has 2 aliphatic rings. The highest BCUT2D eigenvalue weighted by Crippen LogP contribution is 2.22. The van der Waals surface area contributed by atoms with Crippen molar-refractivity contribution >= 4 is 34.5 Å². The Morgan fingerprint density at radius 3 is 2.53 bits per heavy atom. The first-order chi connectivity index (χ1) is 14.6. The maximum atomic E-state index is 12.5. The van der Waals surface area contributed by atoms with Crippen LogP contribution in [0.5, 0.6) is 5.75 Å². The molecule has 0 saturated carbocycles. The van der Waals surface area contributed by atoms with E-state index in [-0.39, 0.29) is 35.5 Å². The van der Waals surface area contributed by atoms with Crippen LogP contribution in [0.15, 0.2) is 48.5 Å². The first-order valence-electron chi connectivity index (χ1n) is 9.80. The molecular formula is C22H22N2O5S. The third-order valence-electron chi connectivity index (χ3n) is 4.97. The van der Waals surface area contributed by atoms with E-state index >= 15 is 0 Å². The van der Waals surface area contributed by atoms with Gasteiger partial charge >= 0.3 is 0 Å². The van der Waals surface area contributed by atoms with Crippen LogP contribution >= 0.6 is 11.8 Å². The van der Waals surface area contributed by atoms with E-state index in [1.54, 1.807) is 48.5 Å². The van der Waals surface area contributed by atoms with Crippen molar-refractivity contribution in [1.29, 1.82) is 0 Å². The summed E-state index contributed by atoms with van der Waals surface area (Å²) in [6.45, 7) is 1.55. The van der Waals surface area contributed by atoms with Crippen molar-refractivity contribution in [2.45, 2.75) is 25.5 Å². The monoisotopic (exact) mass is 426 g/mol. The fraction of sp³-hybridized carbons (Fsp3) is 0.318. The van der Waals surface area contributed by atoms with Gasteiger partial charge in [-0.1, -0.05) is 23.9 Å². The Balaban J connectivity index is 1.29. The lowest BCUT2D eigenvalue weighted by Crippen LogP contribution is -2.27. The lowest BCUT2D eigenvalue weighted by molar-refractivity contribution is -0.125. The molecule has 2 aromatic carbocycles. The Hall–Kier alpha value is -2.84. The van der Waals surface area contributed by atoms with Gasteiger partial charge in [0.1, 0.15) is 12.4 Å². The largest absolute Gasteiger partial charge is 0.491 e. The van der Waals surface area contributed by atoms with Crippen LogP contribution in [0.2, 0.25) is 0 Å². The maximum Gasteiger partial charge on any atom is 0.289 e. The summed E-state index contributed by atoms with van der Waals surface area (Å²) in [4.78, 5) is 37.1. The molecular weight excluding hydrogens is 404 g/mol. The molecule has 0 radical (unpaired) electrons. The molecule has 30 heavy (non-hydrogen) atoms. The molecule has 7 nitrogen and oxygen atoms in total. The average Bonchev–Trinajstić information content (AvgIpc) is 3.39. The molecule has 156 valence electrons. The van der Waals surface area contributed by atoms with E-state index in [0.29, 0.717) is 23.6 Å². The van der Waals surface area contributed by atoms with Gasteiger partial charge in [-0.25, -0.2) is 0 Å². The third-order valence-corrected chi connectivity index (χ3v) is 5.83.